The topological polar surface area (TPSA) is 80.9 Å². The number of hydrogen-bond acceptors (Lipinski definition) is 6. The maximum absolute atomic E-state index is 12.8. The molecule has 2 aromatic rings. The van der Waals surface area contributed by atoms with Gasteiger partial charge in [-0.1, -0.05) is 11.3 Å². The number of ether oxygens (including phenoxy) is 1. The first kappa shape index (κ1) is 15.9. The van der Waals surface area contributed by atoms with Crippen LogP contribution in [0.2, 0.25) is 0 Å². The summed E-state index contributed by atoms with van der Waals surface area (Å²) < 4.78 is 18.4. The average molecular weight is 324 g/mol. The Hall–Kier alpha value is -2.48. The highest BCUT2D eigenvalue weighted by Gasteiger charge is 2.15. The lowest BCUT2D eigenvalue weighted by Gasteiger charge is -2.03. The molecule has 0 aliphatic heterocycles. The van der Waals surface area contributed by atoms with Crippen molar-refractivity contribution in [3.63, 3.8) is 0 Å². The molecule has 1 N–H and O–H groups in total. The molecular formula is C14H13FN2O4S. The highest BCUT2D eigenvalue weighted by Crippen LogP contribution is 2.19. The molecule has 0 bridgehead atoms. The lowest BCUT2D eigenvalue weighted by atomic mass is 10.3. The van der Waals surface area contributed by atoms with Crippen LogP contribution in [0.15, 0.2) is 34.1 Å². The number of halogens is 1. The van der Waals surface area contributed by atoms with Crippen LogP contribution in [0, 0.1) is 5.82 Å². The monoisotopic (exact) mass is 324 g/mol. The third-order valence-electron chi connectivity index (χ3n) is 2.64. The Morgan fingerprint density at radius 1 is 1.45 bits per heavy atom. The summed E-state index contributed by atoms with van der Waals surface area (Å²) in [7, 11) is 0. The molecule has 1 heterocycles. The molecular weight excluding hydrogens is 311 g/mol. The third kappa shape index (κ3) is 3.79. The summed E-state index contributed by atoms with van der Waals surface area (Å²) in [5.41, 5.74) is 0.471. The van der Waals surface area contributed by atoms with Crippen molar-refractivity contribution in [1.82, 2.24) is 4.57 Å². The number of aromatic nitrogens is 1. The highest BCUT2D eigenvalue weighted by atomic mass is 32.1. The van der Waals surface area contributed by atoms with Gasteiger partial charge in [0.05, 0.1) is 18.5 Å². The van der Waals surface area contributed by atoms with E-state index in [1.165, 1.54) is 30.5 Å². The minimum Gasteiger partial charge on any atom is -0.493 e. The fourth-order valence-electron chi connectivity index (χ4n) is 1.63. The van der Waals surface area contributed by atoms with Crippen LogP contribution in [0.5, 0.6) is 5.88 Å². The summed E-state index contributed by atoms with van der Waals surface area (Å²) in [5, 5.41) is 9.96. The van der Waals surface area contributed by atoms with Gasteiger partial charge in [0.2, 0.25) is 5.88 Å². The van der Waals surface area contributed by atoms with Gasteiger partial charge in [0.25, 0.3) is 0 Å². The van der Waals surface area contributed by atoms with Gasteiger partial charge in [-0.3, -0.25) is 19.1 Å². The van der Waals surface area contributed by atoms with Gasteiger partial charge in [0.1, 0.15) is 17.2 Å². The first-order valence-corrected chi connectivity index (χ1v) is 7.20. The van der Waals surface area contributed by atoms with Crippen molar-refractivity contribution >= 4 is 29.2 Å². The first-order valence-electron chi connectivity index (χ1n) is 6.39. The minimum atomic E-state index is -0.611. The van der Waals surface area contributed by atoms with Crippen LogP contribution in [0.4, 0.5) is 10.1 Å². The number of aliphatic imine (C=N–C) groups is 1. The van der Waals surface area contributed by atoms with Crippen molar-refractivity contribution < 1.29 is 19.0 Å². The lowest BCUT2D eigenvalue weighted by molar-refractivity contribution is -0.143. The molecule has 6 nitrogen and oxygen atoms in total. The van der Waals surface area contributed by atoms with E-state index < -0.39 is 10.8 Å². The molecule has 116 valence electrons. The molecule has 0 amide bonds. The largest absolute Gasteiger partial charge is 0.493 e. The van der Waals surface area contributed by atoms with Gasteiger partial charge in [0.15, 0.2) is 0 Å². The van der Waals surface area contributed by atoms with Gasteiger partial charge < -0.3 is 9.84 Å². The Balaban J connectivity index is 2.20. The molecule has 8 heteroatoms. The summed E-state index contributed by atoms with van der Waals surface area (Å²) >= 11 is 0.750. The van der Waals surface area contributed by atoms with Crippen LogP contribution in [-0.4, -0.2) is 28.5 Å². The summed E-state index contributed by atoms with van der Waals surface area (Å²) in [6, 6.07) is 5.42. The van der Waals surface area contributed by atoms with Crippen LogP contribution >= 0.6 is 11.3 Å². The molecule has 0 unspecified atom stereocenters. The number of thiazole rings is 1. The smallest absolute Gasteiger partial charge is 0.326 e. The van der Waals surface area contributed by atoms with Crippen molar-refractivity contribution in [2.45, 2.75) is 13.5 Å². The molecule has 0 spiro atoms. The zero-order valence-electron chi connectivity index (χ0n) is 11.7. The molecule has 0 fully saturated rings. The van der Waals surface area contributed by atoms with E-state index in [0.717, 1.165) is 15.9 Å². The fraction of sp³-hybridized carbons (Fsp3) is 0.214. The normalized spacial score (nSPS) is 11.0. The van der Waals surface area contributed by atoms with Crippen LogP contribution in [0.25, 0.3) is 0 Å². The molecule has 22 heavy (non-hydrogen) atoms. The van der Waals surface area contributed by atoms with Crippen LogP contribution in [0.1, 0.15) is 11.8 Å². The number of carbonyl (C=O) groups excluding carboxylic acids is 1. The van der Waals surface area contributed by atoms with E-state index in [4.69, 9.17) is 4.74 Å². The zero-order chi connectivity index (χ0) is 16.1. The molecule has 1 aromatic heterocycles. The van der Waals surface area contributed by atoms with Gasteiger partial charge in [-0.2, -0.15) is 0 Å². The van der Waals surface area contributed by atoms with Crippen LogP contribution < -0.4 is 4.87 Å². The molecule has 1 aromatic carbocycles. The Morgan fingerprint density at radius 3 is 2.77 bits per heavy atom. The zero-order valence-corrected chi connectivity index (χ0v) is 12.5. The van der Waals surface area contributed by atoms with E-state index in [1.54, 1.807) is 6.92 Å². The molecule has 0 aliphatic rings. The average Bonchev–Trinajstić information content (AvgIpc) is 2.75. The van der Waals surface area contributed by atoms with E-state index in [9.17, 15) is 19.1 Å². The Morgan fingerprint density at radius 2 is 2.14 bits per heavy atom. The van der Waals surface area contributed by atoms with E-state index in [0.29, 0.717) is 5.69 Å². The summed E-state index contributed by atoms with van der Waals surface area (Å²) in [5.74, 6) is -1.35. The highest BCUT2D eigenvalue weighted by molar-refractivity contribution is 7.11. The molecule has 0 aliphatic carbocycles. The molecule has 0 saturated heterocycles. The Bertz CT molecular complexity index is 749. The second kappa shape index (κ2) is 6.99. The number of hydrogen-bond donors (Lipinski definition) is 1. The molecule has 0 radical (unpaired) electrons. The van der Waals surface area contributed by atoms with Gasteiger partial charge in [-0.15, -0.1) is 0 Å². The first-order chi connectivity index (χ1) is 10.5. The van der Waals surface area contributed by atoms with Crippen molar-refractivity contribution in [2.24, 2.45) is 4.99 Å². The summed E-state index contributed by atoms with van der Waals surface area (Å²) in [6.45, 7) is 1.48. The summed E-state index contributed by atoms with van der Waals surface area (Å²) in [6.07, 6.45) is 1.29. The second-order valence-corrected chi connectivity index (χ2v) is 5.17. The maximum atomic E-state index is 12.8. The Labute approximate surface area is 129 Å². The van der Waals surface area contributed by atoms with Crippen molar-refractivity contribution in [1.29, 1.82) is 0 Å². The van der Waals surface area contributed by atoms with Crippen molar-refractivity contribution in [3.05, 3.63) is 44.6 Å². The summed E-state index contributed by atoms with van der Waals surface area (Å²) in [4.78, 5) is 26.9. The molecule has 0 atom stereocenters. The molecule has 0 saturated carbocycles. The van der Waals surface area contributed by atoms with E-state index in [2.05, 4.69) is 4.99 Å². The number of esters is 1. The van der Waals surface area contributed by atoms with Gasteiger partial charge in [-0.25, -0.2) is 4.39 Å². The molecule has 2 rings (SSSR count). The van der Waals surface area contributed by atoms with Gasteiger partial charge >= 0.3 is 10.8 Å². The maximum Gasteiger partial charge on any atom is 0.326 e. The van der Waals surface area contributed by atoms with E-state index in [1.807, 2.05) is 0 Å². The van der Waals surface area contributed by atoms with Crippen molar-refractivity contribution in [2.75, 3.05) is 6.61 Å². The van der Waals surface area contributed by atoms with E-state index in [-0.39, 0.29) is 29.7 Å². The van der Waals surface area contributed by atoms with Crippen LogP contribution in [0.3, 0.4) is 0 Å². The lowest BCUT2D eigenvalue weighted by Crippen LogP contribution is -2.20. The predicted octanol–water partition coefficient (Wildman–Crippen LogP) is 2.07. The number of nitrogens with zero attached hydrogens (tertiary/aromatic N) is 2. The number of rotatable bonds is 5. The minimum absolute atomic E-state index is 0.192. The number of benzene rings is 1. The second-order valence-electron chi connectivity index (χ2n) is 4.18. The van der Waals surface area contributed by atoms with E-state index >= 15 is 0 Å². The number of carbonyl (C=O) groups is 1. The number of aromatic hydroxyl groups is 1. The van der Waals surface area contributed by atoms with Crippen LogP contribution in [-0.2, 0) is 16.1 Å². The SMILES string of the molecule is CCOC(=O)Cn1c(O)c(C=Nc2ccc(F)cc2)sc1=O. The van der Waals surface area contributed by atoms with Gasteiger partial charge in [0, 0.05) is 0 Å². The third-order valence-corrected chi connectivity index (χ3v) is 3.55. The Kier molecular flexibility index (Phi) is 5.05. The van der Waals surface area contributed by atoms with Gasteiger partial charge in [-0.05, 0) is 31.2 Å². The van der Waals surface area contributed by atoms with Crippen molar-refractivity contribution in [3.8, 4) is 5.88 Å². The quantitative estimate of drug-likeness (QED) is 0.674. The fourth-order valence-corrected chi connectivity index (χ4v) is 2.39. The standard InChI is InChI=1S/C14H13FN2O4S/c1-2-21-12(18)8-17-13(19)11(22-14(17)20)7-16-10-5-3-9(15)4-6-10/h3-7,19H,2,8H2,1H3. The predicted molar refractivity (Wildman–Crippen MR) is 80.5 cm³/mol.